The summed E-state index contributed by atoms with van der Waals surface area (Å²) in [7, 11) is 0. The van der Waals surface area contributed by atoms with E-state index >= 15 is 0 Å². The molecule has 0 spiro atoms. The van der Waals surface area contributed by atoms with E-state index in [1.165, 1.54) is 19.3 Å². The number of carbonyl (C=O) groups excluding carboxylic acids is 1. The van der Waals surface area contributed by atoms with E-state index in [1.807, 2.05) is 4.90 Å². The van der Waals surface area contributed by atoms with E-state index in [0.29, 0.717) is 24.9 Å². The average Bonchev–Trinajstić information content (AvgIpc) is 2.90. The molecule has 2 fully saturated rings. The Hall–Kier alpha value is -1.01. The largest absolute Gasteiger partial charge is 0.332 e. The lowest BCUT2D eigenvalue weighted by Gasteiger charge is -2.13. The Morgan fingerprint density at radius 3 is 3.12 bits per heavy atom. The van der Waals surface area contributed by atoms with Crippen LogP contribution in [-0.4, -0.2) is 36.5 Å². The van der Waals surface area contributed by atoms with Crippen LogP contribution in [0.25, 0.3) is 0 Å². The molecule has 2 saturated heterocycles. The normalized spacial score (nSPS) is 28.3. The predicted octanol–water partition coefficient (Wildman–Crippen LogP) is 1.39. The van der Waals surface area contributed by atoms with Crippen LogP contribution in [0.4, 0.5) is 0 Å². The Morgan fingerprint density at radius 1 is 1.53 bits per heavy atom. The second-order valence-electron chi connectivity index (χ2n) is 5.01. The van der Waals surface area contributed by atoms with E-state index in [4.69, 9.17) is 0 Å². The molecule has 0 bridgehead atoms. The molecule has 1 N–H and O–H groups in total. The van der Waals surface area contributed by atoms with Gasteiger partial charge in [-0.15, -0.1) is 0 Å². The Kier molecular flexibility index (Phi) is 4.44. The summed E-state index contributed by atoms with van der Waals surface area (Å²) in [5, 5.41) is 3.45. The van der Waals surface area contributed by atoms with E-state index in [2.05, 4.69) is 24.1 Å². The molecule has 0 aromatic carbocycles. The first-order valence-corrected chi connectivity index (χ1v) is 6.81. The zero-order valence-electron chi connectivity index (χ0n) is 10.7. The van der Waals surface area contributed by atoms with Crippen molar-refractivity contribution in [2.24, 2.45) is 5.92 Å². The molecular weight excluding hydrogens is 212 g/mol. The Labute approximate surface area is 104 Å². The standard InChI is InChI=1S/C14H22N2O/c1-2-5-12-8-9-15-13(12)6-3-10-16-11-4-7-14(16)17/h12-13,15H,2,4-5,7-11H2,1H3/t12-,13+/m1/s1. The highest BCUT2D eigenvalue weighted by atomic mass is 16.2. The van der Waals surface area contributed by atoms with Crippen LogP contribution < -0.4 is 5.32 Å². The summed E-state index contributed by atoms with van der Waals surface area (Å²) in [4.78, 5) is 13.3. The molecule has 0 saturated carbocycles. The Bertz CT molecular complexity index is 329. The van der Waals surface area contributed by atoms with Gasteiger partial charge in [-0.1, -0.05) is 25.2 Å². The summed E-state index contributed by atoms with van der Waals surface area (Å²) in [5.74, 6) is 7.47. The number of carbonyl (C=O) groups is 1. The summed E-state index contributed by atoms with van der Waals surface area (Å²) in [6.45, 7) is 4.83. The van der Waals surface area contributed by atoms with Crippen LogP contribution in [0.3, 0.4) is 0 Å². The monoisotopic (exact) mass is 234 g/mol. The highest BCUT2D eigenvalue weighted by molar-refractivity contribution is 5.78. The number of nitrogens with one attached hydrogen (secondary N) is 1. The van der Waals surface area contributed by atoms with Crippen molar-refractivity contribution < 1.29 is 4.79 Å². The number of hydrogen-bond donors (Lipinski definition) is 1. The number of nitrogens with zero attached hydrogens (tertiary/aromatic N) is 1. The van der Waals surface area contributed by atoms with Crippen molar-refractivity contribution in [3.05, 3.63) is 0 Å². The fraction of sp³-hybridized carbons (Fsp3) is 0.786. The molecule has 1 amide bonds. The second kappa shape index (κ2) is 6.07. The minimum Gasteiger partial charge on any atom is -0.332 e. The lowest BCUT2D eigenvalue weighted by atomic mass is 9.96. The van der Waals surface area contributed by atoms with Gasteiger partial charge in [-0.05, 0) is 31.7 Å². The molecule has 0 radical (unpaired) electrons. The van der Waals surface area contributed by atoms with Crippen LogP contribution in [0.5, 0.6) is 0 Å². The maximum atomic E-state index is 11.4. The van der Waals surface area contributed by atoms with E-state index in [0.717, 1.165) is 19.5 Å². The van der Waals surface area contributed by atoms with Gasteiger partial charge in [-0.3, -0.25) is 4.79 Å². The van der Waals surface area contributed by atoms with Crippen LogP contribution >= 0.6 is 0 Å². The topological polar surface area (TPSA) is 32.3 Å². The van der Waals surface area contributed by atoms with Crippen LogP contribution in [0.15, 0.2) is 0 Å². The van der Waals surface area contributed by atoms with Gasteiger partial charge < -0.3 is 10.2 Å². The summed E-state index contributed by atoms with van der Waals surface area (Å²) in [6, 6.07) is 0.354. The van der Waals surface area contributed by atoms with Crippen LogP contribution in [0.1, 0.15) is 39.0 Å². The van der Waals surface area contributed by atoms with E-state index in [-0.39, 0.29) is 5.91 Å². The van der Waals surface area contributed by atoms with Crippen molar-refractivity contribution in [3.63, 3.8) is 0 Å². The molecule has 2 atom stereocenters. The highest BCUT2D eigenvalue weighted by Crippen LogP contribution is 2.20. The van der Waals surface area contributed by atoms with Gasteiger partial charge in [0, 0.05) is 13.0 Å². The maximum Gasteiger partial charge on any atom is 0.223 e. The summed E-state index contributed by atoms with van der Waals surface area (Å²) >= 11 is 0. The van der Waals surface area contributed by atoms with Crippen molar-refractivity contribution >= 4 is 5.91 Å². The van der Waals surface area contributed by atoms with Gasteiger partial charge in [0.25, 0.3) is 0 Å². The molecule has 0 aromatic rings. The third-order valence-electron chi connectivity index (χ3n) is 3.71. The van der Waals surface area contributed by atoms with Crippen molar-refractivity contribution in [2.45, 2.75) is 45.1 Å². The van der Waals surface area contributed by atoms with Crippen LogP contribution in [-0.2, 0) is 4.79 Å². The van der Waals surface area contributed by atoms with E-state index in [1.54, 1.807) is 0 Å². The van der Waals surface area contributed by atoms with Crippen LogP contribution in [0.2, 0.25) is 0 Å². The number of rotatable bonds is 3. The van der Waals surface area contributed by atoms with Gasteiger partial charge in [0.2, 0.25) is 5.91 Å². The zero-order chi connectivity index (χ0) is 12.1. The molecule has 17 heavy (non-hydrogen) atoms. The van der Waals surface area contributed by atoms with Gasteiger partial charge >= 0.3 is 0 Å². The maximum absolute atomic E-state index is 11.4. The molecule has 3 nitrogen and oxygen atoms in total. The van der Waals surface area contributed by atoms with Gasteiger partial charge in [0.05, 0.1) is 12.6 Å². The van der Waals surface area contributed by atoms with Gasteiger partial charge in [-0.25, -0.2) is 0 Å². The number of hydrogen-bond acceptors (Lipinski definition) is 2. The number of amides is 1. The molecular formula is C14H22N2O. The Balaban J connectivity index is 1.81. The van der Waals surface area contributed by atoms with Crippen molar-refractivity contribution in [1.29, 1.82) is 0 Å². The van der Waals surface area contributed by atoms with Crippen LogP contribution in [0, 0.1) is 17.8 Å². The fourth-order valence-corrected chi connectivity index (χ4v) is 2.73. The number of likely N-dealkylation sites (tertiary alicyclic amines) is 1. The lowest BCUT2D eigenvalue weighted by Crippen LogP contribution is -2.27. The minimum absolute atomic E-state index is 0.267. The quantitative estimate of drug-likeness (QED) is 0.748. The van der Waals surface area contributed by atoms with Gasteiger partial charge in [-0.2, -0.15) is 0 Å². The lowest BCUT2D eigenvalue weighted by molar-refractivity contribution is -0.127. The third-order valence-corrected chi connectivity index (χ3v) is 3.71. The molecule has 94 valence electrons. The molecule has 2 aliphatic rings. The SMILES string of the molecule is CCC[C@@H]1CCN[C@H]1C#CCN1CCCC1=O. The summed E-state index contributed by atoms with van der Waals surface area (Å²) in [5.41, 5.74) is 0. The summed E-state index contributed by atoms with van der Waals surface area (Å²) in [6.07, 6.45) is 5.45. The molecule has 0 aromatic heterocycles. The fourth-order valence-electron chi connectivity index (χ4n) is 2.73. The van der Waals surface area contributed by atoms with Crippen molar-refractivity contribution in [2.75, 3.05) is 19.6 Å². The van der Waals surface area contributed by atoms with E-state index < -0.39 is 0 Å². The first-order valence-electron chi connectivity index (χ1n) is 6.81. The first kappa shape index (κ1) is 12.4. The summed E-state index contributed by atoms with van der Waals surface area (Å²) < 4.78 is 0. The van der Waals surface area contributed by atoms with Gasteiger partial charge in [0.1, 0.15) is 0 Å². The molecule has 0 unspecified atom stereocenters. The predicted molar refractivity (Wildman–Crippen MR) is 68.4 cm³/mol. The minimum atomic E-state index is 0.267. The highest BCUT2D eigenvalue weighted by Gasteiger charge is 2.24. The van der Waals surface area contributed by atoms with Crippen molar-refractivity contribution in [3.8, 4) is 11.8 Å². The van der Waals surface area contributed by atoms with Gasteiger partial charge in [0.15, 0.2) is 0 Å². The second-order valence-corrected chi connectivity index (χ2v) is 5.01. The first-order chi connectivity index (χ1) is 8.31. The zero-order valence-corrected chi connectivity index (χ0v) is 10.7. The average molecular weight is 234 g/mol. The Morgan fingerprint density at radius 2 is 2.41 bits per heavy atom. The molecule has 3 heteroatoms. The van der Waals surface area contributed by atoms with E-state index in [9.17, 15) is 4.79 Å². The molecule has 2 heterocycles. The smallest absolute Gasteiger partial charge is 0.223 e. The molecule has 2 aliphatic heterocycles. The third kappa shape index (κ3) is 3.23. The van der Waals surface area contributed by atoms with Crippen molar-refractivity contribution in [1.82, 2.24) is 10.2 Å². The molecule has 0 aliphatic carbocycles. The molecule has 2 rings (SSSR count).